The minimum absolute atomic E-state index is 0.175. The van der Waals surface area contributed by atoms with E-state index in [4.69, 9.17) is 4.74 Å². The summed E-state index contributed by atoms with van der Waals surface area (Å²) >= 11 is 3.23. The van der Waals surface area contributed by atoms with Gasteiger partial charge in [0, 0.05) is 17.7 Å². The summed E-state index contributed by atoms with van der Waals surface area (Å²) in [4.78, 5) is 0.175. The maximum Gasteiger partial charge on any atom is 0.242 e. The molecular formula is C12H16BrNO4S. The largest absolute Gasteiger partial charge is 0.394 e. The van der Waals surface area contributed by atoms with E-state index in [1.807, 2.05) is 0 Å². The number of aliphatic hydroxyl groups excluding tert-OH is 1. The van der Waals surface area contributed by atoms with Gasteiger partial charge >= 0.3 is 0 Å². The van der Waals surface area contributed by atoms with E-state index in [1.165, 1.54) is 6.07 Å². The van der Waals surface area contributed by atoms with Crippen LogP contribution in [0.25, 0.3) is 0 Å². The third-order valence-corrected chi connectivity index (χ3v) is 5.82. The number of rotatable bonds is 4. The van der Waals surface area contributed by atoms with Crippen molar-refractivity contribution in [1.29, 1.82) is 0 Å². The first-order chi connectivity index (χ1) is 8.99. The second-order valence-electron chi connectivity index (χ2n) is 4.59. The fourth-order valence-electron chi connectivity index (χ4n) is 2.06. The molecule has 5 nitrogen and oxygen atoms in total. The molecule has 0 unspecified atom stereocenters. The lowest BCUT2D eigenvalue weighted by Crippen LogP contribution is -2.54. The Balaban J connectivity index is 2.28. The van der Waals surface area contributed by atoms with Crippen molar-refractivity contribution in [3.63, 3.8) is 0 Å². The van der Waals surface area contributed by atoms with Gasteiger partial charge in [-0.15, -0.1) is 0 Å². The van der Waals surface area contributed by atoms with Crippen LogP contribution in [0.15, 0.2) is 33.6 Å². The number of nitrogens with one attached hydrogen (secondary N) is 1. The Morgan fingerprint density at radius 2 is 1.95 bits per heavy atom. The Labute approximate surface area is 121 Å². The molecule has 1 aliphatic rings. The van der Waals surface area contributed by atoms with Crippen molar-refractivity contribution in [1.82, 2.24) is 4.72 Å². The van der Waals surface area contributed by atoms with Gasteiger partial charge in [0.2, 0.25) is 10.0 Å². The second kappa shape index (κ2) is 5.88. The smallest absolute Gasteiger partial charge is 0.242 e. The molecule has 1 heterocycles. The molecular weight excluding hydrogens is 334 g/mol. The molecule has 0 spiro atoms. The molecule has 2 N–H and O–H groups in total. The summed E-state index contributed by atoms with van der Waals surface area (Å²) in [6, 6.07) is 6.61. The van der Waals surface area contributed by atoms with E-state index < -0.39 is 15.6 Å². The first-order valence-corrected chi connectivity index (χ1v) is 8.24. The lowest BCUT2D eigenvalue weighted by Gasteiger charge is -2.35. The fourth-order valence-corrected chi connectivity index (χ4v) is 4.51. The van der Waals surface area contributed by atoms with Crippen LogP contribution >= 0.6 is 15.9 Å². The monoisotopic (exact) mass is 349 g/mol. The van der Waals surface area contributed by atoms with Crippen LogP contribution in [-0.2, 0) is 14.8 Å². The predicted octanol–water partition coefficient (Wildman–Crippen LogP) is 1.27. The van der Waals surface area contributed by atoms with E-state index in [0.717, 1.165) is 0 Å². The molecule has 1 aliphatic heterocycles. The maximum absolute atomic E-state index is 12.4. The third kappa shape index (κ3) is 3.35. The predicted molar refractivity (Wildman–Crippen MR) is 74.3 cm³/mol. The van der Waals surface area contributed by atoms with E-state index in [-0.39, 0.29) is 11.5 Å². The second-order valence-corrected chi connectivity index (χ2v) is 7.09. The molecule has 7 heteroatoms. The molecule has 0 radical (unpaired) electrons. The van der Waals surface area contributed by atoms with Gasteiger partial charge in [-0.1, -0.05) is 12.1 Å². The number of benzene rings is 1. The van der Waals surface area contributed by atoms with E-state index in [1.54, 1.807) is 18.2 Å². The zero-order valence-corrected chi connectivity index (χ0v) is 12.7. The standard InChI is InChI=1S/C12H16BrNO4S/c13-10-3-1-2-4-11(10)19(16,17)14-12(9-15)5-7-18-8-6-12/h1-4,14-15H,5-9H2. The highest BCUT2D eigenvalue weighted by atomic mass is 79.9. The van der Waals surface area contributed by atoms with E-state index >= 15 is 0 Å². The number of sulfonamides is 1. The Bertz CT molecular complexity index is 540. The van der Waals surface area contributed by atoms with Crippen LogP contribution in [0.1, 0.15) is 12.8 Å². The Hall–Kier alpha value is -0.470. The minimum atomic E-state index is -3.67. The van der Waals surface area contributed by atoms with Crippen molar-refractivity contribution < 1.29 is 18.3 Å². The van der Waals surface area contributed by atoms with E-state index in [9.17, 15) is 13.5 Å². The molecule has 1 aromatic rings. The molecule has 0 aromatic heterocycles. The van der Waals surface area contributed by atoms with Gasteiger partial charge in [-0.05, 0) is 40.9 Å². The van der Waals surface area contributed by atoms with E-state index in [0.29, 0.717) is 30.5 Å². The average Bonchev–Trinajstić information content (AvgIpc) is 2.39. The number of hydrogen-bond donors (Lipinski definition) is 2. The molecule has 0 atom stereocenters. The molecule has 0 amide bonds. The molecule has 1 saturated heterocycles. The normalized spacial score (nSPS) is 19.3. The van der Waals surface area contributed by atoms with Crippen LogP contribution in [0.4, 0.5) is 0 Å². The minimum Gasteiger partial charge on any atom is -0.394 e. The van der Waals surface area contributed by atoms with Crippen LogP contribution < -0.4 is 4.72 Å². The topological polar surface area (TPSA) is 75.6 Å². The van der Waals surface area contributed by atoms with Gasteiger partial charge in [-0.3, -0.25) is 0 Å². The summed E-state index contributed by atoms with van der Waals surface area (Å²) in [6.45, 7) is 0.651. The van der Waals surface area contributed by atoms with Crippen molar-refractivity contribution in [2.24, 2.45) is 0 Å². The molecule has 19 heavy (non-hydrogen) atoms. The Kier molecular flexibility index (Phi) is 4.62. The average molecular weight is 350 g/mol. The number of aliphatic hydroxyl groups is 1. The summed E-state index contributed by atoms with van der Waals surface area (Å²) in [5.41, 5.74) is -0.827. The molecule has 106 valence electrons. The lowest BCUT2D eigenvalue weighted by molar-refractivity contribution is 0.0223. The summed E-state index contributed by atoms with van der Waals surface area (Å²) in [5.74, 6) is 0. The SMILES string of the molecule is O=S(=O)(NC1(CO)CCOCC1)c1ccccc1Br. The van der Waals surface area contributed by atoms with E-state index in [2.05, 4.69) is 20.7 Å². The molecule has 1 fully saturated rings. The number of hydrogen-bond acceptors (Lipinski definition) is 4. The summed E-state index contributed by atoms with van der Waals surface area (Å²) in [5, 5.41) is 9.53. The van der Waals surface area contributed by atoms with Gasteiger partial charge in [0.25, 0.3) is 0 Å². The zero-order valence-electron chi connectivity index (χ0n) is 10.3. The Morgan fingerprint density at radius 1 is 1.32 bits per heavy atom. The van der Waals surface area contributed by atoms with Crippen LogP contribution in [0.2, 0.25) is 0 Å². The van der Waals surface area contributed by atoms with Crippen molar-refractivity contribution in [2.75, 3.05) is 19.8 Å². The van der Waals surface area contributed by atoms with Gasteiger partial charge in [-0.25, -0.2) is 13.1 Å². The number of halogens is 1. The van der Waals surface area contributed by atoms with Gasteiger partial charge in [0.05, 0.1) is 17.0 Å². The van der Waals surface area contributed by atoms with Crippen molar-refractivity contribution in [2.45, 2.75) is 23.3 Å². The summed E-state index contributed by atoms with van der Waals surface area (Å²) in [6.07, 6.45) is 0.931. The Morgan fingerprint density at radius 3 is 2.53 bits per heavy atom. The van der Waals surface area contributed by atoms with Gasteiger partial charge in [0.15, 0.2) is 0 Å². The first-order valence-electron chi connectivity index (χ1n) is 5.96. The van der Waals surface area contributed by atoms with Crippen LogP contribution in [-0.4, -0.2) is 38.9 Å². The van der Waals surface area contributed by atoms with Crippen molar-refractivity contribution in [3.05, 3.63) is 28.7 Å². The van der Waals surface area contributed by atoms with Crippen LogP contribution in [0.3, 0.4) is 0 Å². The third-order valence-electron chi connectivity index (χ3n) is 3.23. The molecule has 2 rings (SSSR count). The van der Waals surface area contributed by atoms with Crippen LogP contribution in [0.5, 0.6) is 0 Å². The van der Waals surface area contributed by atoms with Crippen LogP contribution in [0, 0.1) is 0 Å². The quantitative estimate of drug-likeness (QED) is 0.858. The highest BCUT2D eigenvalue weighted by Crippen LogP contribution is 2.26. The van der Waals surface area contributed by atoms with Crippen molar-refractivity contribution in [3.8, 4) is 0 Å². The highest BCUT2D eigenvalue weighted by Gasteiger charge is 2.36. The molecule has 0 aliphatic carbocycles. The molecule has 1 aromatic carbocycles. The first kappa shape index (κ1) is 14.9. The van der Waals surface area contributed by atoms with Gasteiger partial charge < -0.3 is 9.84 Å². The summed E-state index contributed by atoms with van der Waals surface area (Å²) in [7, 11) is -3.67. The maximum atomic E-state index is 12.4. The van der Waals surface area contributed by atoms with Gasteiger partial charge in [0.1, 0.15) is 0 Å². The molecule has 0 bridgehead atoms. The summed E-state index contributed by atoms with van der Waals surface area (Å²) < 4.78 is 33.1. The van der Waals surface area contributed by atoms with Gasteiger partial charge in [-0.2, -0.15) is 0 Å². The highest BCUT2D eigenvalue weighted by molar-refractivity contribution is 9.10. The lowest BCUT2D eigenvalue weighted by atomic mass is 9.93. The fraction of sp³-hybridized carbons (Fsp3) is 0.500. The van der Waals surface area contributed by atoms with Crippen molar-refractivity contribution >= 4 is 26.0 Å². The zero-order chi connectivity index (χ0) is 13.9. The number of ether oxygens (including phenoxy) is 1. The molecule has 0 saturated carbocycles.